The van der Waals surface area contributed by atoms with E-state index in [1.54, 1.807) is 0 Å². The zero-order valence-corrected chi connectivity index (χ0v) is 8.83. The van der Waals surface area contributed by atoms with Crippen LogP contribution in [0.5, 0.6) is 0 Å². The van der Waals surface area contributed by atoms with E-state index in [2.05, 4.69) is 37.9 Å². The van der Waals surface area contributed by atoms with Crippen LogP contribution in [0.4, 0.5) is 0 Å². The summed E-state index contributed by atoms with van der Waals surface area (Å²) in [5.41, 5.74) is 1.16. The van der Waals surface area contributed by atoms with Gasteiger partial charge in [0.15, 0.2) is 0 Å². The highest BCUT2D eigenvalue weighted by atomic mass is 32.1. The van der Waals surface area contributed by atoms with Crippen LogP contribution >= 0.6 is 37.9 Å². The summed E-state index contributed by atoms with van der Waals surface area (Å²) in [6.45, 7) is 2.03. The minimum Gasteiger partial charge on any atom is -0.171 e. The van der Waals surface area contributed by atoms with Crippen molar-refractivity contribution in [1.29, 1.82) is 0 Å². The van der Waals surface area contributed by atoms with Crippen LogP contribution in [0.3, 0.4) is 0 Å². The van der Waals surface area contributed by atoms with Crippen molar-refractivity contribution in [2.45, 2.75) is 22.0 Å². The zero-order chi connectivity index (χ0) is 8.43. The molecule has 0 spiro atoms. The predicted octanol–water partition coefficient (Wildman–Crippen LogP) is 3.25. The van der Waals surface area contributed by atoms with Gasteiger partial charge < -0.3 is 0 Å². The van der Waals surface area contributed by atoms with Crippen LogP contribution in [0.1, 0.15) is 17.7 Å². The van der Waals surface area contributed by atoms with Crippen LogP contribution in [-0.4, -0.2) is 0 Å². The molecule has 0 saturated heterocycles. The normalized spacial score (nSPS) is 13.1. The molecule has 1 unspecified atom stereocenters. The monoisotopic (exact) mass is 202 g/mol. The van der Waals surface area contributed by atoms with Gasteiger partial charge in [0.1, 0.15) is 0 Å². The van der Waals surface area contributed by atoms with Crippen LogP contribution in [0.15, 0.2) is 28.0 Å². The molecule has 1 aromatic carbocycles. The number of thiol groups is 3. The fraction of sp³-hybridized carbons (Fsp3) is 0.250. The van der Waals surface area contributed by atoms with Crippen molar-refractivity contribution in [2.75, 3.05) is 0 Å². The van der Waals surface area contributed by atoms with E-state index in [1.165, 1.54) is 0 Å². The fourth-order valence-corrected chi connectivity index (χ4v) is 1.69. The van der Waals surface area contributed by atoms with Gasteiger partial charge in [0, 0.05) is 15.0 Å². The van der Waals surface area contributed by atoms with Crippen LogP contribution in [-0.2, 0) is 0 Å². The maximum atomic E-state index is 4.31. The van der Waals surface area contributed by atoms with Crippen LogP contribution in [0, 0.1) is 0 Å². The van der Waals surface area contributed by atoms with Gasteiger partial charge in [-0.3, -0.25) is 0 Å². The largest absolute Gasteiger partial charge is 0.171 e. The molecule has 0 aliphatic carbocycles. The molecular weight excluding hydrogens is 192 g/mol. The maximum Gasteiger partial charge on any atom is 0.0239 e. The molecule has 0 saturated carbocycles. The first kappa shape index (κ1) is 9.36. The predicted molar refractivity (Wildman–Crippen MR) is 58.3 cm³/mol. The van der Waals surface area contributed by atoms with E-state index in [1.807, 2.05) is 25.1 Å². The van der Waals surface area contributed by atoms with Crippen molar-refractivity contribution in [2.24, 2.45) is 0 Å². The van der Waals surface area contributed by atoms with E-state index >= 15 is 0 Å². The number of rotatable bonds is 1. The first-order valence-electron chi connectivity index (χ1n) is 3.30. The van der Waals surface area contributed by atoms with Gasteiger partial charge in [-0.15, -0.1) is 25.3 Å². The maximum absolute atomic E-state index is 4.31. The third kappa shape index (κ3) is 2.65. The SMILES string of the molecule is CC(S)c1cc(S)cc(S)c1. The molecular formula is C8H10S3. The van der Waals surface area contributed by atoms with E-state index in [0.29, 0.717) is 0 Å². The Labute approximate surface area is 83.6 Å². The molecule has 3 heteroatoms. The molecule has 0 aliphatic heterocycles. The Bertz CT molecular complexity index is 235. The van der Waals surface area contributed by atoms with Crippen molar-refractivity contribution in [1.82, 2.24) is 0 Å². The van der Waals surface area contributed by atoms with Gasteiger partial charge in [0.2, 0.25) is 0 Å². The molecule has 1 aromatic rings. The minimum atomic E-state index is 0.244. The van der Waals surface area contributed by atoms with Gasteiger partial charge in [-0.05, 0) is 30.7 Å². The summed E-state index contributed by atoms with van der Waals surface area (Å²) in [5.74, 6) is 0. The van der Waals surface area contributed by atoms with Gasteiger partial charge in [-0.2, -0.15) is 12.6 Å². The molecule has 11 heavy (non-hydrogen) atoms. The topological polar surface area (TPSA) is 0 Å². The van der Waals surface area contributed by atoms with Gasteiger partial charge >= 0.3 is 0 Å². The Morgan fingerprint density at radius 3 is 1.91 bits per heavy atom. The highest BCUT2D eigenvalue weighted by Gasteiger charge is 2.00. The van der Waals surface area contributed by atoms with E-state index in [0.717, 1.165) is 15.4 Å². The number of hydrogen-bond donors (Lipinski definition) is 3. The van der Waals surface area contributed by atoms with Gasteiger partial charge in [0.05, 0.1) is 0 Å². The Kier molecular flexibility index (Phi) is 3.22. The smallest absolute Gasteiger partial charge is 0.0239 e. The second-order valence-electron chi connectivity index (χ2n) is 2.46. The summed E-state index contributed by atoms with van der Waals surface area (Å²) in [6.07, 6.45) is 0. The second kappa shape index (κ2) is 3.78. The summed E-state index contributed by atoms with van der Waals surface area (Å²) in [4.78, 5) is 1.88. The highest BCUT2D eigenvalue weighted by Crippen LogP contribution is 2.24. The van der Waals surface area contributed by atoms with Crippen molar-refractivity contribution >= 4 is 37.9 Å². The summed E-state index contributed by atoms with van der Waals surface area (Å²) >= 11 is 12.8. The molecule has 1 atom stereocenters. The first-order chi connectivity index (χ1) is 5.09. The third-order valence-electron chi connectivity index (χ3n) is 1.41. The van der Waals surface area contributed by atoms with Crippen molar-refractivity contribution in [3.05, 3.63) is 23.8 Å². The van der Waals surface area contributed by atoms with Gasteiger partial charge in [-0.1, -0.05) is 0 Å². The lowest BCUT2D eigenvalue weighted by atomic mass is 10.2. The molecule has 0 aliphatic rings. The lowest BCUT2D eigenvalue weighted by Gasteiger charge is -2.05. The number of hydrogen-bond acceptors (Lipinski definition) is 3. The molecule has 0 amide bonds. The molecule has 0 radical (unpaired) electrons. The molecule has 0 fully saturated rings. The minimum absolute atomic E-state index is 0.244. The molecule has 0 aromatic heterocycles. The van der Waals surface area contributed by atoms with Gasteiger partial charge in [0.25, 0.3) is 0 Å². The fourth-order valence-electron chi connectivity index (χ4n) is 0.859. The van der Waals surface area contributed by atoms with Crippen LogP contribution in [0.2, 0.25) is 0 Å². The molecule has 60 valence electrons. The standard InChI is InChI=1S/C8H10S3/c1-5(9)6-2-7(10)4-8(11)3-6/h2-5,9-11H,1H3. The lowest BCUT2D eigenvalue weighted by molar-refractivity contribution is 1.08. The summed E-state index contributed by atoms with van der Waals surface area (Å²) < 4.78 is 0. The van der Waals surface area contributed by atoms with E-state index in [4.69, 9.17) is 0 Å². The molecule has 0 heterocycles. The summed E-state index contributed by atoms with van der Waals surface area (Å²) in [7, 11) is 0. The van der Waals surface area contributed by atoms with Crippen LogP contribution in [0.25, 0.3) is 0 Å². The Morgan fingerprint density at radius 1 is 1.09 bits per heavy atom. The quantitative estimate of drug-likeness (QED) is 0.572. The Hall–Kier alpha value is 0.270. The number of benzene rings is 1. The lowest BCUT2D eigenvalue weighted by Crippen LogP contribution is -1.84. The average Bonchev–Trinajstić information content (AvgIpc) is 1.85. The molecule has 1 rings (SSSR count). The van der Waals surface area contributed by atoms with E-state index in [-0.39, 0.29) is 5.25 Å². The molecule has 0 nitrogen and oxygen atoms in total. The zero-order valence-electron chi connectivity index (χ0n) is 6.15. The molecule has 0 N–H and O–H groups in total. The Balaban J connectivity index is 3.08. The van der Waals surface area contributed by atoms with Crippen LogP contribution < -0.4 is 0 Å². The van der Waals surface area contributed by atoms with Crippen molar-refractivity contribution in [3.8, 4) is 0 Å². The summed E-state index contributed by atoms with van der Waals surface area (Å²) in [5, 5.41) is 0.244. The van der Waals surface area contributed by atoms with Crippen molar-refractivity contribution < 1.29 is 0 Å². The van der Waals surface area contributed by atoms with E-state index < -0.39 is 0 Å². The summed E-state index contributed by atoms with van der Waals surface area (Å²) in [6, 6.07) is 5.91. The van der Waals surface area contributed by atoms with Crippen molar-refractivity contribution in [3.63, 3.8) is 0 Å². The van der Waals surface area contributed by atoms with Gasteiger partial charge in [-0.25, -0.2) is 0 Å². The Morgan fingerprint density at radius 2 is 1.55 bits per heavy atom. The third-order valence-corrected chi connectivity index (χ3v) is 2.22. The average molecular weight is 202 g/mol. The van der Waals surface area contributed by atoms with E-state index in [9.17, 15) is 0 Å². The molecule has 0 bridgehead atoms. The second-order valence-corrected chi connectivity index (χ2v) is 4.27. The first-order valence-corrected chi connectivity index (χ1v) is 4.71. The highest BCUT2D eigenvalue weighted by molar-refractivity contribution is 7.81.